The number of nitrogens with zero attached hydrogens (tertiary/aromatic N) is 1. The van der Waals surface area contributed by atoms with E-state index in [9.17, 15) is 9.59 Å². The summed E-state index contributed by atoms with van der Waals surface area (Å²) in [6, 6.07) is 0. The number of amides is 1. The van der Waals surface area contributed by atoms with Crippen LogP contribution < -0.4 is 5.32 Å². The monoisotopic (exact) mass is 270 g/mol. The van der Waals surface area contributed by atoms with Crippen molar-refractivity contribution < 1.29 is 19.4 Å². The lowest BCUT2D eigenvalue weighted by Crippen LogP contribution is -2.42. The van der Waals surface area contributed by atoms with Crippen LogP contribution in [0.5, 0.6) is 0 Å². The molecule has 6 nitrogen and oxygen atoms in total. The summed E-state index contributed by atoms with van der Waals surface area (Å²) in [7, 11) is 1.56. The number of carbonyl (C=O) groups is 2. The van der Waals surface area contributed by atoms with E-state index in [1.54, 1.807) is 14.0 Å². The summed E-state index contributed by atoms with van der Waals surface area (Å²) in [5.74, 6) is -1.35. The number of methoxy groups -OCH3 is 1. The summed E-state index contributed by atoms with van der Waals surface area (Å²) in [6.45, 7) is 2.08. The maximum Gasteiger partial charge on any atom is 0.329 e. The molecule has 0 saturated heterocycles. The smallest absolute Gasteiger partial charge is 0.329 e. The molecule has 1 aromatic heterocycles. The highest BCUT2D eigenvalue weighted by molar-refractivity contribution is 7.13. The van der Waals surface area contributed by atoms with E-state index in [0.29, 0.717) is 35.0 Å². The van der Waals surface area contributed by atoms with Gasteiger partial charge in [0.2, 0.25) is 0 Å². The number of carbonyl (C=O) groups excluding carboxylic acids is 1. The van der Waals surface area contributed by atoms with Gasteiger partial charge in [0.05, 0.1) is 12.3 Å². The van der Waals surface area contributed by atoms with Gasteiger partial charge in [0.15, 0.2) is 0 Å². The molecule has 1 aliphatic carbocycles. The maximum atomic E-state index is 12.0. The van der Waals surface area contributed by atoms with Crippen LogP contribution in [0, 0.1) is 6.92 Å². The Kier molecular flexibility index (Phi) is 3.36. The van der Waals surface area contributed by atoms with Crippen LogP contribution in [0.1, 0.15) is 33.2 Å². The maximum absolute atomic E-state index is 12.0. The van der Waals surface area contributed by atoms with E-state index < -0.39 is 11.5 Å². The summed E-state index contributed by atoms with van der Waals surface area (Å²) in [5, 5.41) is 12.3. The first kappa shape index (κ1) is 13.0. The first-order valence-electron chi connectivity index (χ1n) is 5.49. The van der Waals surface area contributed by atoms with E-state index in [1.807, 2.05) is 0 Å². The largest absolute Gasteiger partial charge is 0.480 e. The summed E-state index contributed by atoms with van der Waals surface area (Å²) in [5.41, 5.74) is -0.458. The fraction of sp³-hybridized carbons (Fsp3) is 0.545. The molecule has 1 amide bonds. The van der Waals surface area contributed by atoms with Gasteiger partial charge in [-0.2, -0.15) is 0 Å². The third kappa shape index (κ3) is 2.37. The second kappa shape index (κ2) is 4.66. The molecule has 2 rings (SSSR count). The van der Waals surface area contributed by atoms with Gasteiger partial charge in [0, 0.05) is 7.11 Å². The van der Waals surface area contributed by atoms with Gasteiger partial charge >= 0.3 is 5.97 Å². The van der Waals surface area contributed by atoms with Gasteiger partial charge in [-0.05, 0) is 19.8 Å². The Labute approximate surface area is 108 Å². The van der Waals surface area contributed by atoms with Gasteiger partial charge in [-0.15, -0.1) is 11.3 Å². The van der Waals surface area contributed by atoms with Crippen LogP contribution in [-0.2, 0) is 16.1 Å². The average molecular weight is 270 g/mol. The lowest BCUT2D eigenvalue weighted by atomic mass is 10.2. The van der Waals surface area contributed by atoms with Crippen LogP contribution in [0.4, 0.5) is 0 Å². The molecule has 0 radical (unpaired) electrons. The number of carboxylic acid groups (broad SMARTS) is 1. The van der Waals surface area contributed by atoms with E-state index in [0.717, 1.165) is 0 Å². The zero-order valence-electron chi connectivity index (χ0n) is 10.1. The van der Waals surface area contributed by atoms with Gasteiger partial charge in [-0.1, -0.05) is 0 Å². The molecule has 7 heteroatoms. The molecular formula is C11H14N2O4S. The first-order chi connectivity index (χ1) is 8.48. The van der Waals surface area contributed by atoms with E-state index in [4.69, 9.17) is 9.84 Å². The molecule has 1 aliphatic rings. The van der Waals surface area contributed by atoms with Crippen molar-refractivity contribution in [2.24, 2.45) is 0 Å². The molecule has 0 atom stereocenters. The summed E-state index contributed by atoms with van der Waals surface area (Å²) in [4.78, 5) is 27.6. The lowest BCUT2D eigenvalue weighted by Gasteiger charge is -2.11. The number of ether oxygens (including phenoxy) is 1. The number of aliphatic carboxylic acids is 1. The van der Waals surface area contributed by atoms with Crippen molar-refractivity contribution in [1.82, 2.24) is 10.3 Å². The Bertz CT molecular complexity index is 493. The van der Waals surface area contributed by atoms with Crippen LogP contribution in [0.15, 0.2) is 0 Å². The van der Waals surface area contributed by atoms with Crippen LogP contribution >= 0.6 is 11.3 Å². The van der Waals surface area contributed by atoms with Crippen LogP contribution in [0.2, 0.25) is 0 Å². The molecule has 0 spiro atoms. The van der Waals surface area contributed by atoms with Crippen molar-refractivity contribution in [1.29, 1.82) is 0 Å². The number of aryl methyl sites for hydroxylation is 1. The predicted molar refractivity (Wildman–Crippen MR) is 64.6 cm³/mol. The Hall–Kier alpha value is -1.47. The molecule has 98 valence electrons. The number of hydrogen-bond donors (Lipinski definition) is 2. The van der Waals surface area contributed by atoms with Crippen molar-refractivity contribution in [3.63, 3.8) is 0 Å². The van der Waals surface area contributed by atoms with Crippen molar-refractivity contribution in [3.8, 4) is 0 Å². The second-order valence-electron chi connectivity index (χ2n) is 4.30. The van der Waals surface area contributed by atoms with Gasteiger partial charge in [-0.3, -0.25) is 4.79 Å². The topological polar surface area (TPSA) is 88.5 Å². The highest BCUT2D eigenvalue weighted by Crippen LogP contribution is 2.36. The average Bonchev–Trinajstić information content (AvgIpc) is 2.98. The molecule has 1 heterocycles. The molecule has 0 bridgehead atoms. The van der Waals surface area contributed by atoms with Crippen molar-refractivity contribution in [3.05, 3.63) is 15.6 Å². The van der Waals surface area contributed by atoms with Gasteiger partial charge in [0.25, 0.3) is 5.91 Å². The van der Waals surface area contributed by atoms with E-state index >= 15 is 0 Å². The van der Waals surface area contributed by atoms with Crippen molar-refractivity contribution in [2.75, 3.05) is 7.11 Å². The quantitative estimate of drug-likeness (QED) is 0.831. The number of carboxylic acids is 1. The number of thiazole rings is 1. The number of rotatable bonds is 5. The second-order valence-corrected chi connectivity index (χ2v) is 5.38. The minimum absolute atomic E-state index is 0.350. The standard InChI is InChI=1S/C11H14N2O4S/c1-6-8(18-7(12-6)5-17-2)9(14)13-11(3-4-11)10(15)16/h3-5H2,1-2H3,(H,13,14)(H,15,16). The third-order valence-electron chi connectivity index (χ3n) is 2.83. The molecule has 1 fully saturated rings. The predicted octanol–water partition coefficient (Wildman–Crippen LogP) is 0.945. The van der Waals surface area contributed by atoms with Gasteiger partial charge in [0.1, 0.15) is 15.4 Å². The molecule has 0 aromatic carbocycles. The molecule has 1 aromatic rings. The van der Waals surface area contributed by atoms with E-state index in [2.05, 4.69) is 10.3 Å². The van der Waals surface area contributed by atoms with Gasteiger partial charge in [-0.25, -0.2) is 9.78 Å². The zero-order chi connectivity index (χ0) is 13.3. The normalized spacial score (nSPS) is 16.3. The highest BCUT2D eigenvalue weighted by atomic mass is 32.1. The fourth-order valence-corrected chi connectivity index (χ4v) is 2.57. The summed E-state index contributed by atoms with van der Waals surface area (Å²) >= 11 is 1.23. The highest BCUT2D eigenvalue weighted by Gasteiger charge is 2.52. The Morgan fingerprint density at radius 1 is 1.56 bits per heavy atom. The van der Waals surface area contributed by atoms with Crippen LogP contribution in [0.3, 0.4) is 0 Å². The van der Waals surface area contributed by atoms with Crippen molar-refractivity contribution in [2.45, 2.75) is 31.9 Å². The number of nitrogens with one attached hydrogen (secondary N) is 1. The molecule has 1 saturated carbocycles. The van der Waals surface area contributed by atoms with Crippen molar-refractivity contribution >= 4 is 23.2 Å². The van der Waals surface area contributed by atoms with E-state index in [1.165, 1.54) is 11.3 Å². The van der Waals surface area contributed by atoms with Crippen LogP contribution in [-0.4, -0.2) is 34.6 Å². The Morgan fingerprint density at radius 3 is 2.72 bits per heavy atom. The molecular weight excluding hydrogens is 256 g/mol. The third-order valence-corrected chi connectivity index (χ3v) is 3.96. The number of aromatic nitrogens is 1. The lowest BCUT2D eigenvalue weighted by molar-refractivity contribution is -0.140. The number of hydrogen-bond acceptors (Lipinski definition) is 5. The first-order valence-corrected chi connectivity index (χ1v) is 6.31. The Balaban J connectivity index is 2.12. The summed E-state index contributed by atoms with van der Waals surface area (Å²) < 4.78 is 4.95. The minimum atomic E-state index is -1.06. The molecule has 18 heavy (non-hydrogen) atoms. The summed E-state index contributed by atoms with van der Waals surface area (Å²) in [6.07, 6.45) is 0.966. The molecule has 0 unspecified atom stereocenters. The van der Waals surface area contributed by atoms with E-state index in [-0.39, 0.29) is 5.91 Å². The fourth-order valence-electron chi connectivity index (χ4n) is 1.64. The van der Waals surface area contributed by atoms with Crippen LogP contribution in [0.25, 0.3) is 0 Å². The minimum Gasteiger partial charge on any atom is -0.480 e. The Morgan fingerprint density at radius 2 is 2.22 bits per heavy atom. The van der Waals surface area contributed by atoms with Gasteiger partial charge < -0.3 is 15.2 Å². The molecule has 2 N–H and O–H groups in total. The SMILES string of the molecule is COCc1nc(C)c(C(=O)NC2(C(=O)O)CC2)s1. The molecule has 0 aliphatic heterocycles. The zero-order valence-corrected chi connectivity index (χ0v) is 11.0.